The predicted molar refractivity (Wildman–Crippen MR) is 86.1 cm³/mol. The van der Waals surface area contributed by atoms with Crippen LogP contribution >= 0.6 is 22.7 Å². The molecule has 0 aliphatic heterocycles. The van der Waals surface area contributed by atoms with E-state index in [0.717, 1.165) is 23.5 Å². The van der Waals surface area contributed by atoms with Crippen LogP contribution in [-0.2, 0) is 16.0 Å². The van der Waals surface area contributed by atoms with Crippen molar-refractivity contribution in [2.24, 2.45) is 0 Å². The van der Waals surface area contributed by atoms with E-state index >= 15 is 0 Å². The van der Waals surface area contributed by atoms with Gasteiger partial charge in [0.1, 0.15) is 5.69 Å². The highest BCUT2D eigenvalue weighted by molar-refractivity contribution is 7.16. The summed E-state index contributed by atoms with van der Waals surface area (Å²) in [5.41, 5.74) is 2.22. The van der Waals surface area contributed by atoms with Crippen molar-refractivity contribution in [1.29, 1.82) is 0 Å². The van der Waals surface area contributed by atoms with E-state index in [-0.39, 0.29) is 5.97 Å². The van der Waals surface area contributed by atoms with Gasteiger partial charge in [0, 0.05) is 28.6 Å². The minimum atomic E-state index is -0.151. The summed E-state index contributed by atoms with van der Waals surface area (Å²) in [6.45, 7) is 2.10. The van der Waals surface area contributed by atoms with Crippen molar-refractivity contribution in [2.75, 3.05) is 7.11 Å². The molecule has 0 aliphatic rings. The second-order valence-electron chi connectivity index (χ2n) is 4.85. The summed E-state index contributed by atoms with van der Waals surface area (Å²) in [5.74, 6) is -0.151. The van der Waals surface area contributed by atoms with Crippen LogP contribution in [0.1, 0.15) is 23.4 Å². The summed E-state index contributed by atoms with van der Waals surface area (Å²) in [6.07, 6.45) is 4.20. The average molecular weight is 320 g/mol. The number of esters is 1. The minimum absolute atomic E-state index is 0.151. The number of imidazole rings is 1. The second kappa shape index (κ2) is 5.99. The molecule has 3 aromatic heterocycles. The van der Waals surface area contributed by atoms with Crippen LogP contribution in [0.25, 0.3) is 15.5 Å². The number of ether oxygens (including phenoxy) is 1. The molecule has 110 valence electrons. The summed E-state index contributed by atoms with van der Waals surface area (Å²) >= 11 is 3.40. The Kier molecular flexibility index (Phi) is 4.07. The Morgan fingerprint density at radius 3 is 3.00 bits per heavy atom. The fourth-order valence-electron chi connectivity index (χ4n) is 2.22. The van der Waals surface area contributed by atoms with Gasteiger partial charge in [0.25, 0.3) is 0 Å². The van der Waals surface area contributed by atoms with Crippen molar-refractivity contribution in [2.45, 2.75) is 26.2 Å². The highest BCUT2D eigenvalue weighted by atomic mass is 32.1. The first-order valence-corrected chi connectivity index (χ1v) is 8.46. The van der Waals surface area contributed by atoms with Crippen LogP contribution in [0.3, 0.4) is 0 Å². The lowest BCUT2D eigenvalue weighted by Gasteiger charge is -1.99. The molecule has 6 heteroatoms. The SMILES string of the molecule is COC(=O)CCCc1csc2nc(-c3ccc(C)s3)cn12. The number of aryl methyl sites for hydroxylation is 2. The molecule has 3 heterocycles. The van der Waals surface area contributed by atoms with E-state index in [9.17, 15) is 4.79 Å². The van der Waals surface area contributed by atoms with E-state index in [0.29, 0.717) is 6.42 Å². The van der Waals surface area contributed by atoms with Crippen molar-refractivity contribution >= 4 is 33.6 Å². The number of rotatable bonds is 5. The zero-order chi connectivity index (χ0) is 14.8. The first kappa shape index (κ1) is 14.3. The molecule has 0 amide bonds. The lowest BCUT2D eigenvalue weighted by molar-refractivity contribution is -0.140. The van der Waals surface area contributed by atoms with Gasteiger partial charge < -0.3 is 4.74 Å². The van der Waals surface area contributed by atoms with Crippen molar-refractivity contribution in [3.05, 3.63) is 34.3 Å². The van der Waals surface area contributed by atoms with Gasteiger partial charge in [-0.3, -0.25) is 9.20 Å². The molecule has 0 radical (unpaired) electrons. The summed E-state index contributed by atoms with van der Waals surface area (Å²) in [6, 6.07) is 4.23. The molecule has 0 saturated heterocycles. The van der Waals surface area contributed by atoms with Gasteiger partial charge in [-0.1, -0.05) is 0 Å². The number of methoxy groups -OCH3 is 1. The smallest absolute Gasteiger partial charge is 0.305 e. The topological polar surface area (TPSA) is 43.6 Å². The number of aromatic nitrogens is 2. The van der Waals surface area contributed by atoms with E-state index in [1.807, 2.05) is 0 Å². The number of nitrogens with zero attached hydrogens (tertiary/aromatic N) is 2. The number of fused-ring (bicyclic) bond motifs is 1. The average Bonchev–Trinajstić information content (AvgIpc) is 3.14. The van der Waals surface area contributed by atoms with Crippen LogP contribution in [0, 0.1) is 6.92 Å². The van der Waals surface area contributed by atoms with Crippen molar-refractivity contribution in [3.8, 4) is 10.6 Å². The highest BCUT2D eigenvalue weighted by Gasteiger charge is 2.11. The fourth-order valence-corrected chi connectivity index (χ4v) is 3.95. The van der Waals surface area contributed by atoms with Crippen LogP contribution in [0.15, 0.2) is 23.7 Å². The molecule has 21 heavy (non-hydrogen) atoms. The van der Waals surface area contributed by atoms with E-state index in [2.05, 4.69) is 44.8 Å². The van der Waals surface area contributed by atoms with E-state index in [4.69, 9.17) is 0 Å². The zero-order valence-corrected chi connectivity index (χ0v) is 13.6. The van der Waals surface area contributed by atoms with Gasteiger partial charge >= 0.3 is 5.97 Å². The van der Waals surface area contributed by atoms with E-state index < -0.39 is 0 Å². The van der Waals surface area contributed by atoms with Gasteiger partial charge in [-0.2, -0.15) is 0 Å². The Morgan fingerprint density at radius 1 is 1.43 bits per heavy atom. The molecule has 0 unspecified atom stereocenters. The monoisotopic (exact) mass is 320 g/mol. The summed E-state index contributed by atoms with van der Waals surface area (Å²) in [4.78, 5) is 19.3. The van der Waals surface area contributed by atoms with Gasteiger partial charge in [-0.25, -0.2) is 4.98 Å². The Hall–Kier alpha value is -1.66. The predicted octanol–water partition coefficient (Wildman–Crippen LogP) is 3.93. The van der Waals surface area contributed by atoms with Crippen molar-refractivity contribution < 1.29 is 9.53 Å². The molecular weight excluding hydrogens is 304 g/mol. The van der Waals surface area contributed by atoms with Crippen molar-refractivity contribution in [1.82, 2.24) is 9.38 Å². The number of thiazole rings is 1. The highest BCUT2D eigenvalue weighted by Crippen LogP contribution is 2.29. The molecule has 0 fully saturated rings. The molecule has 0 aromatic carbocycles. The maximum atomic E-state index is 11.2. The first-order valence-electron chi connectivity index (χ1n) is 6.76. The zero-order valence-electron chi connectivity index (χ0n) is 12.0. The van der Waals surface area contributed by atoms with Gasteiger partial charge in [0.15, 0.2) is 4.96 Å². The first-order chi connectivity index (χ1) is 10.2. The fraction of sp³-hybridized carbons (Fsp3) is 0.333. The number of carbonyl (C=O) groups is 1. The van der Waals surface area contributed by atoms with E-state index in [1.54, 1.807) is 22.7 Å². The maximum Gasteiger partial charge on any atom is 0.305 e. The quantitative estimate of drug-likeness (QED) is 0.669. The molecule has 3 aromatic rings. The molecule has 0 spiro atoms. The number of hydrogen-bond donors (Lipinski definition) is 0. The number of carbonyl (C=O) groups excluding carboxylic acids is 1. The molecule has 0 bridgehead atoms. The molecule has 0 saturated carbocycles. The van der Waals surface area contributed by atoms with Crippen molar-refractivity contribution in [3.63, 3.8) is 0 Å². The van der Waals surface area contributed by atoms with Crippen LogP contribution < -0.4 is 0 Å². The lowest BCUT2D eigenvalue weighted by atomic mass is 10.2. The van der Waals surface area contributed by atoms with Crippen LogP contribution in [0.5, 0.6) is 0 Å². The van der Waals surface area contributed by atoms with Crippen LogP contribution in [0.4, 0.5) is 0 Å². The third-order valence-electron chi connectivity index (χ3n) is 3.32. The molecule has 0 atom stereocenters. The number of thiophene rings is 1. The third kappa shape index (κ3) is 3.01. The lowest BCUT2D eigenvalue weighted by Crippen LogP contribution is -2.01. The Balaban J connectivity index is 1.78. The summed E-state index contributed by atoms with van der Waals surface area (Å²) in [7, 11) is 1.43. The summed E-state index contributed by atoms with van der Waals surface area (Å²) < 4.78 is 6.80. The normalized spacial score (nSPS) is 11.1. The van der Waals surface area contributed by atoms with Gasteiger partial charge in [0.2, 0.25) is 0 Å². The summed E-state index contributed by atoms with van der Waals surface area (Å²) in [5, 5.41) is 2.11. The number of hydrogen-bond acceptors (Lipinski definition) is 5. The van der Waals surface area contributed by atoms with Gasteiger partial charge in [0.05, 0.1) is 12.0 Å². The Morgan fingerprint density at radius 2 is 2.29 bits per heavy atom. The van der Waals surface area contributed by atoms with Gasteiger partial charge in [-0.05, 0) is 31.9 Å². The minimum Gasteiger partial charge on any atom is -0.469 e. The third-order valence-corrected chi connectivity index (χ3v) is 5.23. The van der Waals surface area contributed by atoms with Gasteiger partial charge in [-0.15, -0.1) is 22.7 Å². The largest absolute Gasteiger partial charge is 0.469 e. The van der Waals surface area contributed by atoms with E-state index in [1.165, 1.54) is 22.6 Å². The molecular formula is C15H16N2O2S2. The van der Waals surface area contributed by atoms with Crippen LogP contribution in [0.2, 0.25) is 0 Å². The molecule has 4 nitrogen and oxygen atoms in total. The standard InChI is InChI=1S/C15H16N2O2S2/c1-10-6-7-13(21-10)12-8-17-11(9-20-15(17)16-12)4-3-5-14(18)19-2/h6-9H,3-5H2,1-2H3. The second-order valence-corrected chi connectivity index (χ2v) is 6.97. The Labute approximate surface area is 131 Å². The molecule has 0 N–H and O–H groups in total. The Bertz CT molecular complexity index is 770. The molecule has 3 rings (SSSR count). The van der Waals surface area contributed by atoms with Crippen LogP contribution in [-0.4, -0.2) is 22.5 Å². The maximum absolute atomic E-state index is 11.2. The molecule has 0 aliphatic carbocycles.